The van der Waals surface area contributed by atoms with Crippen molar-refractivity contribution < 1.29 is 9.53 Å². The van der Waals surface area contributed by atoms with Crippen molar-refractivity contribution in [3.05, 3.63) is 0 Å². The maximum absolute atomic E-state index is 11.5. The van der Waals surface area contributed by atoms with Crippen LogP contribution in [-0.4, -0.2) is 97.7 Å². The number of nitrogens with one attached hydrogen (secondary N) is 1. The van der Waals surface area contributed by atoms with E-state index >= 15 is 0 Å². The largest absolute Gasteiger partial charge is 0.379 e. The Labute approximate surface area is 146 Å². The van der Waals surface area contributed by atoms with Crippen molar-refractivity contribution in [1.29, 1.82) is 0 Å². The van der Waals surface area contributed by atoms with E-state index in [9.17, 15) is 4.79 Å². The Kier molecular flexibility index (Phi) is 6.86. The highest BCUT2D eigenvalue weighted by molar-refractivity contribution is 5.80. The van der Waals surface area contributed by atoms with E-state index in [1.54, 1.807) is 6.92 Å². The van der Waals surface area contributed by atoms with Gasteiger partial charge in [-0.25, -0.2) is 0 Å². The molecule has 7 heteroatoms. The smallest absolute Gasteiger partial charge is 0.219 e. The molecular weight excluding hydrogens is 306 g/mol. The van der Waals surface area contributed by atoms with Crippen LogP contribution >= 0.6 is 0 Å². The molecule has 0 atom stereocenters. The molecule has 2 heterocycles. The SMILES string of the molecule is CCNC(=NCC(C)(C)N1CCOCC1)N1CCN(C(C)=O)CC1. The average Bonchev–Trinajstić information content (AvgIpc) is 2.59. The first-order chi connectivity index (χ1) is 11.4. The van der Waals surface area contributed by atoms with Crippen molar-refractivity contribution in [1.82, 2.24) is 20.0 Å². The number of nitrogens with zero attached hydrogens (tertiary/aromatic N) is 4. The fraction of sp³-hybridized carbons (Fsp3) is 0.882. The van der Waals surface area contributed by atoms with Gasteiger partial charge in [-0.2, -0.15) is 0 Å². The van der Waals surface area contributed by atoms with Gasteiger partial charge in [0.05, 0.1) is 19.8 Å². The lowest BCUT2D eigenvalue weighted by Crippen LogP contribution is -2.55. The second kappa shape index (κ2) is 8.67. The molecule has 2 aliphatic heterocycles. The van der Waals surface area contributed by atoms with E-state index in [1.807, 2.05) is 4.90 Å². The van der Waals surface area contributed by atoms with Gasteiger partial charge in [-0.05, 0) is 20.8 Å². The van der Waals surface area contributed by atoms with E-state index < -0.39 is 0 Å². The lowest BCUT2D eigenvalue weighted by atomic mass is 10.0. The van der Waals surface area contributed by atoms with Crippen LogP contribution in [0.25, 0.3) is 0 Å². The van der Waals surface area contributed by atoms with E-state index in [2.05, 4.69) is 35.9 Å². The van der Waals surface area contributed by atoms with Crippen molar-refractivity contribution in [2.45, 2.75) is 33.2 Å². The van der Waals surface area contributed by atoms with Gasteiger partial charge in [0, 0.05) is 58.3 Å². The molecular formula is C17H33N5O2. The number of hydrogen-bond acceptors (Lipinski definition) is 4. The molecule has 0 saturated carbocycles. The summed E-state index contributed by atoms with van der Waals surface area (Å²) in [6, 6.07) is 0. The number of amides is 1. The minimum Gasteiger partial charge on any atom is -0.379 e. The van der Waals surface area contributed by atoms with Crippen LogP contribution in [0.3, 0.4) is 0 Å². The fourth-order valence-corrected chi connectivity index (χ4v) is 3.20. The number of ether oxygens (including phenoxy) is 1. The van der Waals surface area contributed by atoms with Gasteiger partial charge in [0.1, 0.15) is 0 Å². The third-order valence-electron chi connectivity index (χ3n) is 4.84. The van der Waals surface area contributed by atoms with E-state index in [1.165, 1.54) is 0 Å². The van der Waals surface area contributed by atoms with Gasteiger partial charge in [0.25, 0.3) is 0 Å². The topological polar surface area (TPSA) is 60.4 Å². The predicted octanol–water partition coefficient (Wildman–Crippen LogP) is 0.227. The number of guanidine groups is 1. The zero-order valence-corrected chi connectivity index (χ0v) is 15.7. The first-order valence-corrected chi connectivity index (χ1v) is 9.05. The quantitative estimate of drug-likeness (QED) is 0.587. The lowest BCUT2D eigenvalue weighted by molar-refractivity contribution is -0.130. The molecule has 2 rings (SSSR count). The van der Waals surface area contributed by atoms with Crippen LogP contribution in [0.2, 0.25) is 0 Å². The molecule has 0 aromatic heterocycles. The number of rotatable bonds is 4. The average molecular weight is 339 g/mol. The van der Waals surface area contributed by atoms with Crippen LogP contribution in [-0.2, 0) is 9.53 Å². The van der Waals surface area contributed by atoms with Crippen LogP contribution < -0.4 is 5.32 Å². The van der Waals surface area contributed by atoms with E-state index in [4.69, 9.17) is 9.73 Å². The highest BCUT2D eigenvalue weighted by Gasteiger charge is 2.29. The highest BCUT2D eigenvalue weighted by Crippen LogP contribution is 2.17. The van der Waals surface area contributed by atoms with Crippen LogP contribution in [0.1, 0.15) is 27.7 Å². The number of aliphatic imine (C=N–C) groups is 1. The molecule has 2 saturated heterocycles. The van der Waals surface area contributed by atoms with E-state index in [0.29, 0.717) is 0 Å². The summed E-state index contributed by atoms with van der Waals surface area (Å²) in [7, 11) is 0. The molecule has 138 valence electrons. The lowest BCUT2D eigenvalue weighted by Gasteiger charge is -2.40. The number of piperazine rings is 1. The minimum absolute atomic E-state index is 0.0195. The molecule has 0 unspecified atom stereocenters. The summed E-state index contributed by atoms with van der Waals surface area (Å²) in [6.45, 7) is 16.6. The normalized spacial score (nSPS) is 21.1. The molecule has 0 bridgehead atoms. The summed E-state index contributed by atoms with van der Waals surface area (Å²) in [5, 5.41) is 3.40. The molecule has 0 aromatic carbocycles. The molecule has 0 radical (unpaired) electrons. The van der Waals surface area contributed by atoms with Gasteiger partial charge in [-0.3, -0.25) is 14.7 Å². The van der Waals surface area contributed by atoms with E-state index in [-0.39, 0.29) is 11.4 Å². The molecule has 2 aliphatic rings. The number of morpholine rings is 1. The number of hydrogen-bond donors (Lipinski definition) is 1. The molecule has 24 heavy (non-hydrogen) atoms. The Hall–Kier alpha value is -1.34. The third kappa shape index (κ3) is 5.08. The minimum atomic E-state index is 0.0195. The van der Waals surface area contributed by atoms with Crippen molar-refractivity contribution >= 4 is 11.9 Å². The van der Waals surface area contributed by atoms with Crippen molar-refractivity contribution in [2.75, 3.05) is 65.6 Å². The summed E-state index contributed by atoms with van der Waals surface area (Å²) in [5.74, 6) is 1.12. The Morgan fingerprint density at radius 1 is 1.08 bits per heavy atom. The van der Waals surface area contributed by atoms with Crippen LogP contribution in [0.5, 0.6) is 0 Å². The number of carbonyl (C=O) groups excluding carboxylic acids is 1. The highest BCUT2D eigenvalue weighted by atomic mass is 16.5. The predicted molar refractivity (Wildman–Crippen MR) is 96.3 cm³/mol. The summed E-state index contributed by atoms with van der Waals surface area (Å²) >= 11 is 0. The molecule has 1 amide bonds. The van der Waals surface area contributed by atoms with Crippen molar-refractivity contribution in [2.24, 2.45) is 4.99 Å². The van der Waals surface area contributed by atoms with Crippen molar-refractivity contribution in [3.8, 4) is 0 Å². The van der Waals surface area contributed by atoms with Crippen molar-refractivity contribution in [3.63, 3.8) is 0 Å². The van der Waals surface area contributed by atoms with Crippen LogP contribution in [0.4, 0.5) is 0 Å². The van der Waals surface area contributed by atoms with Gasteiger partial charge in [-0.1, -0.05) is 0 Å². The van der Waals surface area contributed by atoms with Crippen LogP contribution in [0, 0.1) is 0 Å². The third-order valence-corrected chi connectivity index (χ3v) is 4.84. The van der Waals surface area contributed by atoms with Gasteiger partial charge in [-0.15, -0.1) is 0 Å². The molecule has 0 spiro atoms. The van der Waals surface area contributed by atoms with Gasteiger partial charge < -0.3 is 19.9 Å². The van der Waals surface area contributed by atoms with E-state index in [0.717, 1.165) is 71.5 Å². The summed E-state index contributed by atoms with van der Waals surface area (Å²) in [4.78, 5) is 23.0. The Morgan fingerprint density at radius 2 is 1.67 bits per heavy atom. The molecule has 0 aromatic rings. The summed E-state index contributed by atoms with van der Waals surface area (Å²) in [6.07, 6.45) is 0. The first-order valence-electron chi connectivity index (χ1n) is 9.05. The monoisotopic (exact) mass is 339 g/mol. The summed E-state index contributed by atoms with van der Waals surface area (Å²) < 4.78 is 5.45. The second-order valence-corrected chi connectivity index (χ2v) is 7.08. The fourth-order valence-electron chi connectivity index (χ4n) is 3.20. The van der Waals surface area contributed by atoms with Gasteiger partial charge >= 0.3 is 0 Å². The molecule has 0 aliphatic carbocycles. The van der Waals surface area contributed by atoms with Gasteiger partial charge in [0.2, 0.25) is 5.91 Å². The Morgan fingerprint density at radius 3 is 2.21 bits per heavy atom. The summed E-state index contributed by atoms with van der Waals surface area (Å²) in [5.41, 5.74) is 0.0195. The Bertz CT molecular complexity index is 438. The maximum Gasteiger partial charge on any atom is 0.219 e. The zero-order valence-electron chi connectivity index (χ0n) is 15.7. The number of carbonyl (C=O) groups is 1. The maximum atomic E-state index is 11.5. The first kappa shape index (κ1) is 19.0. The second-order valence-electron chi connectivity index (χ2n) is 7.08. The zero-order chi connectivity index (χ0) is 17.6. The van der Waals surface area contributed by atoms with Gasteiger partial charge in [0.15, 0.2) is 5.96 Å². The van der Waals surface area contributed by atoms with Crippen LogP contribution in [0.15, 0.2) is 4.99 Å². The standard InChI is InChI=1S/C17H33N5O2/c1-5-18-16(21-8-6-20(7-9-21)15(2)23)19-14-17(3,4)22-10-12-24-13-11-22/h5-14H2,1-4H3,(H,18,19). The Balaban J connectivity index is 1.96. The molecule has 2 fully saturated rings. The molecule has 7 nitrogen and oxygen atoms in total. The molecule has 1 N–H and O–H groups in total.